The van der Waals surface area contributed by atoms with Gasteiger partial charge in [0.1, 0.15) is 0 Å². The molecule has 12 heavy (non-hydrogen) atoms. The molecule has 66 valence electrons. The highest BCUT2D eigenvalue weighted by Crippen LogP contribution is 2.15. The monoisotopic (exact) mass is 183 g/mol. The molecule has 1 aromatic heterocycles. The molecule has 0 fully saturated rings. The zero-order valence-corrected chi connectivity index (χ0v) is 7.90. The van der Waals surface area contributed by atoms with E-state index in [-0.39, 0.29) is 0 Å². The zero-order chi connectivity index (χ0) is 8.81. The summed E-state index contributed by atoms with van der Waals surface area (Å²) in [5.41, 5.74) is 5.47. The van der Waals surface area contributed by atoms with Gasteiger partial charge >= 0.3 is 0 Å². The summed E-state index contributed by atoms with van der Waals surface area (Å²) in [6, 6.07) is 0. The van der Waals surface area contributed by atoms with E-state index in [0.29, 0.717) is 5.13 Å². The normalized spacial score (nSPS) is 11.1. The van der Waals surface area contributed by atoms with Gasteiger partial charge in [-0.05, 0) is 26.1 Å². The van der Waals surface area contributed by atoms with Crippen LogP contribution in [0.1, 0.15) is 11.3 Å². The number of rotatable bonds is 4. The molecule has 4 heteroatoms. The van der Waals surface area contributed by atoms with Crippen LogP contribution in [-0.2, 0) is 0 Å². The highest BCUT2D eigenvalue weighted by atomic mass is 32.1. The number of anilines is 1. The van der Waals surface area contributed by atoms with Crippen molar-refractivity contribution < 1.29 is 0 Å². The van der Waals surface area contributed by atoms with E-state index in [0.717, 1.165) is 17.8 Å². The molecule has 0 unspecified atom stereocenters. The number of nitrogens with one attached hydrogen (secondary N) is 1. The summed E-state index contributed by atoms with van der Waals surface area (Å²) >= 11 is 1.51. The maximum absolute atomic E-state index is 5.47. The van der Waals surface area contributed by atoms with Crippen LogP contribution in [0, 0.1) is 0 Å². The van der Waals surface area contributed by atoms with Crippen LogP contribution in [0.25, 0.3) is 6.08 Å². The Morgan fingerprint density at radius 1 is 1.75 bits per heavy atom. The largest absolute Gasteiger partial charge is 0.375 e. The standard InChI is InChI=1S/C8H13N3S/c1-10-5-3-2-4-7-6-11-8(9)12-7/h2,4,6,10H,3,5H2,1H3,(H2,9,11). The molecule has 0 radical (unpaired) electrons. The molecule has 0 bridgehead atoms. The number of thiazole rings is 1. The van der Waals surface area contributed by atoms with Gasteiger partial charge in [-0.3, -0.25) is 0 Å². The second kappa shape index (κ2) is 4.90. The average Bonchev–Trinajstić information content (AvgIpc) is 2.45. The van der Waals surface area contributed by atoms with Crippen LogP contribution in [0.4, 0.5) is 5.13 Å². The fourth-order valence-corrected chi connectivity index (χ4v) is 1.42. The predicted molar refractivity (Wildman–Crippen MR) is 54.1 cm³/mol. The third kappa shape index (κ3) is 3.02. The first kappa shape index (κ1) is 9.22. The number of nitrogens with zero attached hydrogens (tertiary/aromatic N) is 1. The Bertz CT molecular complexity index is 255. The molecule has 1 aromatic rings. The molecule has 0 amide bonds. The first-order valence-corrected chi connectivity index (χ1v) is 4.67. The van der Waals surface area contributed by atoms with Crippen molar-refractivity contribution in [1.82, 2.24) is 10.3 Å². The third-order valence-electron chi connectivity index (χ3n) is 1.38. The van der Waals surface area contributed by atoms with E-state index < -0.39 is 0 Å². The SMILES string of the molecule is CNCCC=Cc1cnc(N)s1. The van der Waals surface area contributed by atoms with Gasteiger partial charge in [-0.25, -0.2) is 4.98 Å². The maximum Gasteiger partial charge on any atom is 0.180 e. The van der Waals surface area contributed by atoms with Gasteiger partial charge in [0.2, 0.25) is 0 Å². The first-order chi connectivity index (χ1) is 5.83. The van der Waals surface area contributed by atoms with Crippen LogP contribution in [0.5, 0.6) is 0 Å². The summed E-state index contributed by atoms with van der Waals surface area (Å²) < 4.78 is 0. The average molecular weight is 183 g/mol. The fraction of sp³-hybridized carbons (Fsp3) is 0.375. The Hall–Kier alpha value is -0.870. The molecule has 3 nitrogen and oxygen atoms in total. The number of nitrogens with two attached hydrogens (primary N) is 1. The molecule has 0 spiro atoms. The summed E-state index contributed by atoms with van der Waals surface area (Å²) in [6.07, 6.45) is 6.99. The number of hydrogen-bond acceptors (Lipinski definition) is 4. The summed E-state index contributed by atoms with van der Waals surface area (Å²) in [6.45, 7) is 1.00. The molecule has 0 aliphatic rings. The molecule has 3 N–H and O–H groups in total. The van der Waals surface area contributed by atoms with E-state index in [2.05, 4.69) is 16.4 Å². The van der Waals surface area contributed by atoms with Crippen LogP contribution in [0.15, 0.2) is 12.3 Å². The highest BCUT2D eigenvalue weighted by Gasteiger charge is 1.91. The molecule has 0 aliphatic carbocycles. The predicted octanol–water partition coefficient (Wildman–Crippen LogP) is 1.35. The molecule has 1 rings (SSSR count). The molecule has 0 aliphatic heterocycles. The first-order valence-electron chi connectivity index (χ1n) is 3.85. The van der Waals surface area contributed by atoms with Crippen molar-refractivity contribution in [2.75, 3.05) is 19.3 Å². The van der Waals surface area contributed by atoms with Gasteiger partial charge in [0, 0.05) is 11.1 Å². The van der Waals surface area contributed by atoms with Crippen LogP contribution in [0.3, 0.4) is 0 Å². The molecular formula is C8H13N3S. The van der Waals surface area contributed by atoms with E-state index in [1.165, 1.54) is 11.3 Å². The van der Waals surface area contributed by atoms with Crippen molar-refractivity contribution >= 4 is 22.5 Å². The summed E-state index contributed by atoms with van der Waals surface area (Å²) in [5, 5.41) is 3.70. The van der Waals surface area contributed by atoms with Gasteiger partial charge in [-0.1, -0.05) is 17.4 Å². The lowest BCUT2D eigenvalue weighted by Gasteiger charge is -1.89. The maximum atomic E-state index is 5.47. The molecule has 0 atom stereocenters. The second-order valence-corrected chi connectivity index (χ2v) is 3.49. The quantitative estimate of drug-likeness (QED) is 0.693. The van der Waals surface area contributed by atoms with Crippen molar-refractivity contribution in [2.45, 2.75) is 6.42 Å². The summed E-state index contributed by atoms with van der Waals surface area (Å²) in [4.78, 5) is 5.06. The molecular weight excluding hydrogens is 170 g/mol. The summed E-state index contributed by atoms with van der Waals surface area (Å²) in [5.74, 6) is 0. The highest BCUT2D eigenvalue weighted by molar-refractivity contribution is 7.16. The Balaban J connectivity index is 2.36. The van der Waals surface area contributed by atoms with Crippen molar-refractivity contribution in [1.29, 1.82) is 0 Å². The Labute approximate surface area is 76.3 Å². The minimum atomic E-state index is 0.628. The van der Waals surface area contributed by atoms with Crippen LogP contribution in [0.2, 0.25) is 0 Å². The molecule has 0 saturated heterocycles. The van der Waals surface area contributed by atoms with Gasteiger partial charge in [0.05, 0.1) is 0 Å². The zero-order valence-electron chi connectivity index (χ0n) is 7.08. The Kier molecular flexibility index (Phi) is 3.76. The van der Waals surface area contributed by atoms with Gasteiger partial charge in [-0.2, -0.15) is 0 Å². The molecule has 1 heterocycles. The van der Waals surface area contributed by atoms with Crippen LogP contribution < -0.4 is 11.1 Å². The summed E-state index contributed by atoms with van der Waals surface area (Å²) in [7, 11) is 1.94. The van der Waals surface area contributed by atoms with E-state index in [1.54, 1.807) is 6.20 Å². The number of nitrogen functional groups attached to an aromatic ring is 1. The van der Waals surface area contributed by atoms with Gasteiger partial charge in [0.25, 0.3) is 0 Å². The van der Waals surface area contributed by atoms with Crippen LogP contribution in [-0.4, -0.2) is 18.6 Å². The van der Waals surface area contributed by atoms with E-state index >= 15 is 0 Å². The van der Waals surface area contributed by atoms with Gasteiger partial charge in [-0.15, -0.1) is 0 Å². The van der Waals surface area contributed by atoms with E-state index in [4.69, 9.17) is 5.73 Å². The minimum absolute atomic E-state index is 0.628. The lowest BCUT2D eigenvalue weighted by molar-refractivity contribution is 0.809. The number of hydrogen-bond donors (Lipinski definition) is 2. The van der Waals surface area contributed by atoms with Gasteiger partial charge < -0.3 is 11.1 Å². The second-order valence-electron chi connectivity index (χ2n) is 2.40. The van der Waals surface area contributed by atoms with Crippen molar-refractivity contribution in [3.63, 3.8) is 0 Å². The molecule has 0 aromatic carbocycles. The Morgan fingerprint density at radius 2 is 2.58 bits per heavy atom. The van der Waals surface area contributed by atoms with E-state index in [1.807, 2.05) is 13.1 Å². The van der Waals surface area contributed by atoms with Crippen LogP contribution >= 0.6 is 11.3 Å². The van der Waals surface area contributed by atoms with Crippen molar-refractivity contribution in [3.8, 4) is 0 Å². The fourth-order valence-electron chi connectivity index (χ4n) is 0.805. The smallest absolute Gasteiger partial charge is 0.180 e. The van der Waals surface area contributed by atoms with E-state index in [9.17, 15) is 0 Å². The third-order valence-corrected chi connectivity index (χ3v) is 2.18. The van der Waals surface area contributed by atoms with Crippen molar-refractivity contribution in [2.24, 2.45) is 0 Å². The molecule has 0 saturated carbocycles. The lowest BCUT2D eigenvalue weighted by Crippen LogP contribution is -2.05. The van der Waals surface area contributed by atoms with Gasteiger partial charge in [0.15, 0.2) is 5.13 Å². The number of aromatic nitrogens is 1. The minimum Gasteiger partial charge on any atom is -0.375 e. The topological polar surface area (TPSA) is 50.9 Å². The lowest BCUT2D eigenvalue weighted by atomic mass is 10.3. The van der Waals surface area contributed by atoms with Crippen molar-refractivity contribution in [3.05, 3.63) is 17.2 Å². The Morgan fingerprint density at radius 3 is 3.17 bits per heavy atom.